The second kappa shape index (κ2) is 9.96. The monoisotopic (exact) mass is 444 g/mol. The molecule has 1 amide bonds. The fraction of sp³-hybridized carbons (Fsp3) is 0.273. The zero-order valence-electron chi connectivity index (χ0n) is 17.1. The summed E-state index contributed by atoms with van der Waals surface area (Å²) in [5.74, 6) is 0.417. The molecule has 0 unspecified atom stereocenters. The van der Waals surface area contributed by atoms with E-state index in [-0.39, 0.29) is 25.3 Å². The van der Waals surface area contributed by atoms with Gasteiger partial charge in [0.25, 0.3) is 0 Å². The molecular weight excluding hydrogens is 425 g/mol. The highest BCUT2D eigenvalue weighted by molar-refractivity contribution is 5.76. The van der Waals surface area contributed by atoms with Crippen LogP contribution in [0.2, 0.25) is 0 Å². The minimum absolute atomic E-state index is 0.00369. The molecule has 2 aromatic carbocycles. The molecule has 0 aliphatic carbocycles. The summed E-state index contributed by atoms with van der Waals surface area (Å²) in [6, 6.07) is 14.9. The standard InChI is InChI=1S/C22H19F3N4O3/c1-31-18-8-6-17(7-9-18)21-27-19(32-28-21)10-11-20(30)29(14-22(23,24)25)13-16-4-2-15(12-26)3-5-16/h2-9H,10-11,13-14H2,1H3. The number of alkyl halides is 3. The number of hydrogen-bond acceptors (Lipinski definition) is 6. The molecule has 0 aliphatic rings. The second-order valence-electron chi connectivity index (χ2n) is 6.91. The van der Waals surface area contributed by atoms with Crippen LogP contribution in [0, 0.1) is 11.3 Å². The molecule has 0 spiro atoms. The summed E-state index contributed by atoms with van der Waals surface area (Å²) >= 11 is 0. The lowest BCUT2D eigenvalue weighted by molar-refractivity contribution is -0.162. The average molecular weight is 444 g/mol. The van der Waals surface area contributed by atoms with Gasteiger partial charge < -0.3 is 14.2 Å². The summed E-state index contributed by atoms with van der Waals surface area (Å²) in [5.41, 5.74) is 1.54. The van der Waals surface area contributed by atoms with Crippen LogP contribution in [0.25, 0.3) is 11.4 Å². The number of carbonyl (C=O) groups is 1. The molecule has 1 aromatic heterocycles. The van der Waals surface area contributed by atoms with E-state index < -0.39 is 18.6 Å². The number of amides is 1. The van der Waals surface area contributed by atoms with Crippen LogP contribution in [0.3, 0.4) is 0 Å². The van der Waals surface area contributed by atoms with Crippen LogP contribution < -0.4 is 4.74 Å². The van der Waals surface area contributed by atoms with Crippen molar-refractivity contribution in [3.05, 3.63) is 65.5 Å². The minimum Gasteiger partial charge on any atom is -0.497 e. The fourth-order valence-corrected chi connectivity index (χ4v) is 2.94. The predicted molar refractivity (Wildman–Crippen MR) is 107 cm³/mol. The van der Waals surface area contributed by atoms with E-state index in [9.17, 15) is 18.0 Å². The van der Waals surface area contributed by atoms with Crippen molar-refractivity contribution in [3.63, 3.8) is 0 Å². The summed E-state index contributed by atoms with van der Waals surface area (Å²) in [5, 5.41) is 12.7. The Balaban J connectivity index is 1.65. The zero-order chi connectivity index (χ0) is 23.1. The number of rotatable bonds is 8. The smallest absolute Gasteiger partial charge is 0.406 e. The number of aromatic nitrogens is 2. The van der Waals surface area contributed by atoms with Gasteiger partial charge >= 0.3 is 6.18 Å². The van der Waals surface area contributed by atoms with Gasteiger partial charge in [0.2, 0.25) is 17.6 Å². The van der Waals surface area contributed by atoms with Crippen LogP contribution in [-0.2, 0) is 17.8 Å². The summed E-state index contributed by atoms with van der Waals surface area (Å²) in [7, 11) is 1.54. The molecule has 3 aromatic rings. The molecule has 0 N–H and O–H groups in total. The summed E-state index contributed by atoms with van der Waals surface area (Å²) < 4.78 is 49.2. The molecule has 0 aliphatic heterocycles. The SMILES string of the molecule is COc1ccc(-c2noc(CCC(=O)N(Cc3ccc(C#N)cc3)CC(F)(F)F)n2)cc1. The van der Waals surface area contributed by atoms with Crippen LogP contribution >= 0.6 is 0 Å². The van der Waals surface area contributed by atoms with E-state index in [1.54, 1.807) is 31.4 Å². The van der Waals surface area contributed by atoms with Crippen molar-refractivity contribution < 1.29 is 27.2 Å². The van der Waals surface area contributed by atoms with Crippen LogP contribution in [0.4, 0.5) is 13.2 Å². The molecule has 3 rings (SSSR count). The number of nitrogens with zero attached hydrogens (tertiary/aromatic N) is 4. The maximum atomic E-state index is 13.0. The van der Waals surface area contributed by atoms with Gasteiger partial charge in [0.15, 0.2) is 0 Å². The normalized spacial score (nSPS) is 11.1. The largest absolute Gasteiger partial charge is 0.497 e. The summed E-state index contributed by atoms with van der Waals surface area (Å²) in [6.07, 6.45) is -4.77. The van der Waals surface area contributed by atoms with Gasteiger partial charge in [-0.3, -0.25) is 4.79 Å². The molecular formula is C22H19F3N4O3. The van der Waals surface area contributed by atoms with Crippen molar-refractivity contribution in [1.82, 2.24) is 15.0 Å². The first-order valence-corrected chi connectivity index (χ1v) is 9.58. The average Bonchev–Trinajstić information content (AvgIpc) is 3.26. The van der Waals surface area contributed by atoms with Crippen LogP contribution in [-0.4, -0.2) is 40.8 Å². The Labute approximate surface area is 182 Å². The molecule has 32 heavy (non-hydrogen) atoms. The van der Waals surface area contributed by atoms with E-state index in [1.165, 1.54) is 24.3 Å². The topological polar surface area (TPSA) is 92.3 Å². The van der Waals surface area contributed by atoms with Crippen molar-refractivity contribution in [2.75, 3.05) is 13.7 Å². The zero-order valence-corrected chi connectivity index (χ0v) is 17.1. The van der Waals surface area contributed by atoms with Crippen molar-refractivity contribution in [3.8, 4) is 23.2 Å². The maximum absolute atomic E-state index is 13.0. The van der Waals surface area contributed by atoms with Gasteiger partial charge in [-0.05, 0) is 42.0 Å². The molecule has 0 atom stereocenters. The van der Waals surface area contributed by atoms with E-state index in [0.29, 0.717) is 28.3 Å². The third kappa shape index (κ3) is 6.31. The Morgan fingerprint density at radius 2 is 1.84 bits per heavy atom. The van der Waals surface area contributed by atoms with Gasteiger partial charge in [-0.1, -0.05) is 17.3 Å². The van der Waals surface area contributed by atoms with E-state index >= 15 is 0 Å². The van der Waals surface area contributed by atoms with E-state index in [2.05, 4.69) is 10.1 Å². The first kappa shape index (κ1) is 22.8. The Morgan fingerprint density at radius 1 is 1.16 bits per heavy atom. The van der Waals surface area contributed by atoms with Crippen LogP contribution in [0.15, 0.2) is 53.1 Å². The van der Waals surface area contributed by atoms with E-state index in [1.807, 2.05) is 6.07 Å². The lowest BCUT2D eigenvalue weighted by Crippen LogP contribution is -2.38. The van der Waals surface area contributed by atoms with E-state index in [0.717, 1.165) is 4.90 Å². The molecule has 7 nitrogen and oxygen atoms in total. The van der Waals surface area contributed by atoms with Gasteiger partial charge in [-0.15, -0.1) is 0 Å². The summed E-state index contributed by atoms with van der Waals surface area (Å²) in [4.78, 5) is 17.5. The number of hydrogen-bond donors (Lipinski definition) is 0. The third-order valence-electron chi connectivity index (χ3n) is 4.55. The number of ether oxygens (including phenoxy) is 1. The second-order valence-corrected chi connectivity index (χ2v) is 6.91. The number of carbonyl (C=O) groups excluding carboxylic acids is 1. The quantitative estimate of drug-likeness (QED) is 0.519. The Kier molecular flexibility index (Phi) is 7.10. The number of halogens is 3. The van der Waals surface area contributed by atoms with Gasteiger partial charge in [0.1, 0.15) is 12.3 Å². The Hall–Kier alpha value is -3.87. The van der Waals surface area contributed by atoms with Gasteiger partial charge in [0, 0.05) is 24.9 Å². The number of benzene rings is 2. The highest BCUT2D eigenvalue weighted by atomic mass is 19.4. The molecule has 166 valence electrons. The Bertz CT molecular complexity index is 1090. The van der Waals surface area contributed by atoms with Crippen molar-refractivity contribution in [2.24, 2.45) is 0 Å². The molecule has 10 heteroatoms. The predicted octanol–water partition coefficient (Wildman–Crippen LogP) is 4.14. The molecule has 1 heterocycles. The van der Waals surface area contributed by atoms with Crippen LogP contribution in [0.5, 0.6) is 5.75 Å². The van der Waals surface area contributed by atoms with Crippen molar-refractivity contribution in [2.45, 2.75) is 25.6 Å². The van der Waals surface area contributed by atoms with Crippen LogP contribution in [0.1, 0.15) is 23.4 Å². The summed E-state index contributed by atoms with van der Waals surface area (Å²) in [6.45, 7) is -1.61. The lowest BCUT2D eigenvalue weighted by Gasteiger charge is -2.24. The molecule has 0 radical (unpaired) electrons. The molecule has 0 fully saturated rings. The van der Waals surface area contributed by atoms with Crippen molar-refractivity contribution in [1.29, 1.82) is 5.26 Å². The molecule has 0 bridgehead atoms. The lowest BCUT2D eigenvalue weighted by atomic mass is 10.1. The highest BCUT2D eigenvalue weighted by Gasteiger charge is 2.33. The number of methoxy groups -OCH3 is 1. The van der Waals surface area contributed by atoms with Gasteiger partial charge in [-0.2, -0.15) is 23.4 Å². The Morgan fingerprint density at radius 3 is 2.44 bits per heavy atom. The first-order valence-electron chi connectivity index (χ1n) is 9.58. The number of aryl methyl sites for hydroxylation is 1. The van der Waals surface area contributed by atoms with Gasteiger partial charge in [-0.25, -0.2) is 0 Å². The fourth-order valence-electron chi connectivity index (χ4n) is 2.94. The first-order chi connectivity index (χ1) is 15.3. The number of nitriles is 1. The minimum atomic E-state index is -4.55. The maximum Gasteiger partial charge on any atom is 0.406 e. The van der Waals surface area contributed by atoms with Crippen molar-refractivity contribution >= 4 is 5.91 Å². The van der Waals surface area contributed by atoms with Gasteiger partial charge in [0.05, 0.1) is 18.7 Å². The third-order valence-corrected chi connectivity index (χ3v) is 4.55. The van der Waals surface area contributed by atoms with E-state index in [4.69, 9.17) is 14.5 Å². The molecule has 0 saturated carbocycles. The molecule has 0 saturated heterocycles. The highest BCUT2D eigenvalue weighted by Crippen LogP contribution is 2.22.